The molecule has 1 saturated heterocycles. The first-order chi connectivity index (χ1) is 5.34. The second-order valence-corrected chi connectivity index (χ2v) is 2.87. The maximum absolute atomic E-state index is 5.14. The van der Waals surface area contributed by atoms with Gasteiger partial charge in [0.25, 0.3) is 0 Å². The van der Waals surface area contributed by atoms with Gasteiger partial charge in [0, 0.05) is 26.2 Å². The van der Waals surface area contributed by atoms with Crippen LogP contribution in [0.5, 0.6) is 0 Å². The van der Waals surface area contributed by atoms with E-state index in [1.807, 2.05) is 0 Å². The molecule has 2 atom stereocenters. The first-order valence-electron chi connectivity index (χ1n) is 4.14. The monoisotopic (exact) mass is 157 g/mol. The highest BCUT2D eigenvalue weighted by atomic mass is 16.5. The van der Waals surface area contributed by atoms with Crippen molar-refractivity contribution in [2.45, 2.75) is 18.6 Å². The normalized spacial score (nSPS) is 29.5. The van der Waals surface area contributed by atoms with Gasteiger partial charge in [-0.15, -0.1) is 0 Å². The highest BCUT2D eigenvalue weighted by Gasteiger charge is 2.17. The molecule has 0 amide bonds. The second-order valence-electron chi connectivity index (χ2n) is 2.87. The van der Waals surface area contributed by atoms with E-state index in [2.05, 4.69) is 17.6 Å². The van der Waals surface area contributed by atoms with E-state index >= 15 is 0 Å². The Morgan fingerprint density at radius 2 is 2.27 bits per heavy atom. The van der Waals surface area contributed by atoms with Crippen LogP contribution in [0.4, 0.5) is 0 Å². The van der Waals surface area contributed by atoms with Gasteiger partial charge >= 0.3 is 0 Å². The quantitative estimate of drug-likeness (QED) is 0.582. The molecule has 0 aromatic rings. The van der Waals surface area contributed by atoms with Crippen LogP contribution < -0.4 is 10.6 Å². The van der Waals surface area contributed by atoms with Gasteiger partial charge in [0.05, 0.1) is 6.10 Å². The van der Waals surface area contributed by atoms with E-state index in [9.17, 15) is 0 Å². The van der Waals surface area contributed by atoms with Crippen LogP contribution in [0.2, 0.25) is 0 Å². The summed E-state index contributed by atoms with van der Waals surface area (Å²) in [5, 5.41) is 6.69. The number of methoxy groups -OCH3 is 1. The van der Waals surface area contributed by atoms with Gasteiger partial charge in [-0.2, -0.15) is 0 Å². The van der Waals surface area contributed by atoms with Crippen molar-refractivity contribution in [3.05, 3.63) is 6.92 Å². The smallest absolute Gasteiger partial charge is 0.0725 e. The third-order valence-corrected chi connectivity index (χ3v) is 2.09. The van der Waals surface area contributed by atoms with E-state index in [-0.39, 0.29) is 6.10 Å². The Hall–Kier alpha value is -0.120. The maximum atomic E-state index is 5.14. The summed E-state index contributed by atoms with van der Waals surface area (Å²) in [7, 11) is 1.71. The summed E-state index contributed by atoms with van der Waals surface area (Å²) in [5.41, 5.74) is 0. The Labute approximate surface area is 68.5 Å². The molecular weight excluding hydrogens is 140 g/mol. The van der Waals surface area contributed by atoms with E-state index < -0.39 is 0 Å². The first kappa shape index (κ1) is 8.97. The fourth-order valence-electron chi connectivity index (χ4n) is 1.31. The highest BCUT2D eigenvalue weighted by molar-refractivity contribution is 4.81. The molecule has 1 aliphatic heterocycles. The van der Waals surface area contributed by atoms with Crippen LogP contribution >= 0.6 is 0 Å². The maximum Gasteiger partial charge on any atom is 0.0725 e. The van der Waals surface area contributed by atoms with Crippen LogP contribution in [0.1, 0.15) is 6.42 Å². The summed E-state index contributed by atoms with van der Waals surface area (Å²) < 4.78 is 5.14. The van der Waals surface area contributed by atoms with E-state index in [1.54, 1.807) is 7.11 Å². The van der Waals surface area contributed by atoms with Crippen molar-refractivity contribution in [1.29, 1.82) is 0 Å². The molecule has 1 aliphatic rings. The topological polar surface area (TPSA) is 33.3 Å². The first-order valence-corrected chi connectivity index (χ1v) is 4.14. The van der Waals surface area contributed by atoms with E-state index in [1.165, 1.54) is 0 Å². The van der Waals surface area contributed by atoms with Crippen LogP contribution in [-0.4, -0.2) is 38.9 Å². The molecule has 1 rings (SSSR count). The lowest BCUT2D eigenvalue weighted by molar-refractivity contribution is 0.103. The van der Waals surface area contributed by atoms with Gasteiger partial charge in [0.2, 0.25) is 0 Å². The molecule has 0 saturated carbocycles. The molecule has 65 valence electrons. The highest BCUT2D eigenvalue weighted by Crippen LogP contribution is 2.02. The zero-order chi connectivity index (χ0) is 8.10. The van der Waals surface area contributed by atoms with Crippen molar-refractivity contribution in [2.75, 3.05) is 26.7 Å². The lowest BCUT2D eigenvalue weighted by atomic mass is 10.1. The predicted molar refractivity (Wildman–Crippen MR) is 45.4 cm³/mol. The Morgan fingerprint density at radius 1 is 1.45 bits per heavy atom. The summed E-state index contributed by atoms with van der Waals surface area (Å²) in [5.74, 6) is 0. The molecule has 0 aromatic heterocycles. The summed E-state index contributed by atoms with van der Waals surface area (Å²) in [6.45, 7) is 7.03. The minimum atomic E-state index is 0.0786. The molecule has 3 nitrogen and oxygen atoms in total. The van der Waals surface area contributed by atoms with Crippen molar-refractivity contribution >= 4 is 0 Å². The van der Waals surface area contributed by atoms with Crippen LogP contribution in [-0.2, 0) is 4.74 Å². The number of hydrogen-bond acceptors (Lipinski definition) is 3. The van der Waals surface area contributed by atoms with Crippen LogP contribution in [0.15, 0.2) is 0 Å². The molecule has 1 radical (unpaired) electrons. The van der Waals surface area contributed by atoms with Crippen LogP contribution in [0, 0.1) is 6.92 Å². The van der Waals surface area contributed by atoms with Gasteiger partial charge in [-0.1, -0.05) is 0 Å². The average Bonchev–Trinajstić information content (AvgIpc) is 2.30. The molecule has 0 aliphatic carbocycles. The molecule has 2 unspecified atom stereocenters. The van der Waals surface area contributed by atoms with Crippen molar-refractivity contribution in [2.24, 2.45) is 0 Å². The fraction of sp³-hybridized carbons (Fsp3) is 0.875. The minimum Gasteiger partial charge on any atom is -0.380 e. The molecule has 1 fully saturated rings. The van der Waals surface area contributed by atoms with Gasteiger partial charge < -0.3 is 15.4 Å². The number of ether oxygens (including phenoxy) is 1. The second kappa shape index (κ2) is 4.70. The van der Waals surface area contributed by atoms with Gasteiger partial charge in [-0.25, -0.2) is 0 Å². The SMILES string of the molecule is [CH2]C(OC)C1CCNCCN1. The summed E-state index contributed by atoms with van der Waals surface area (Å²) in [6.07, 6.45) is 1.18. The average molecular weight is 157 g/mol. The molecule has 3 heteroatoms. The van der Waals surface area contributed by atoms with Crippen molar-refractivity contribution in [3.63, 3.8) is 0 Å². The molecule has 0 bridgehead atoms. The van der Waals surface area contributed by atoms with Gasteiger partial charge in [-0.3, -0.25) is 0 Å². The molecule has 2 N–H and O–H groups in total. The van der Waals surface area contributed by atoms with E-state index in [4.69, 9.17) is 4.74 Å². The Balaban J connectivity index is 2.30. The molecule has 0 aromatic carbocycles. The lowest BCUT2D eigenvalue weighted by Gasteiger charge is -2.21. The largest absolute Gasteiger partial charge is 0.380 e. The van der Waals surface area contributed by atoms with E-state index in [0.717, 1.165) is 26.1 Å². The molecule has 1 heterocycles. The Kier molecular flexibility index (Phi) is 3.83. The fourth-order valence-corrected chi connectivity index (χ4v) is 1.31. The summed E-state index contributed by atoms with van der Waals surface area (Å²) >= 11 is 0. The van der Waals surface area contributed by atoms with Crippen molar-refractivity contribution in [3.8, 4) is 0 Å². The number of rotatable bonds is 2. The molecule has 0 spiro atoms. The third kappa shape index (κ3) is 2.77. The van der Waals surface area contributed by atoms with Crippen LogP contribution in [0.25, 0.3) is 0 Å². The third-order valence-electron chi connectivity index (χ3n) is 2.09. The number of hydrogen-bond donors (Lipinski definition) is 2. The van der Waals surface area contributed by atoms with Gasteiger partial charge in [0.1, 0.15) is 0 Å². The van der Waals surface area contributed by atoms with Crippen molar-refractivity contribution < 1.29 is 4.74 Å². The van der Waals surface area contributed by atoms with Crippen molar-refractivity contribution in [1.82, 2.24) is 10.6 Å². The van der Waals surface area contributed by atoms with Gasteiger partial charge in [-0.05, 0) is 19.9 Å². The lowest BCUT2D eigenvalue weighted by Crippen LogP contribution is -2.39. The van der Waals surface area contributed by atoms with E-state index in [0.29, 0.717) is 6.04 Å². The zero-order valence-electron chi connectivity index (χ0n) is 7.10. The molecular formula is C8H17N2O. The predicted octanol–water partition coefficient (Wildman–Crippen LogP) is -0.213. The number of nitrogens with one attached hydrogen (secondary N) is 2. The zero-order valence-corrected chi connectivity index (χ0v) is 7.10. The Bertz CT molecular complexity index is 100. The summed E-state index contributed by atoms with van der Waals surface area (Å²) in [6, 6.07) is 0.412. The minimum absolute atomic E-state index is 0.0786. The Morgan fingerprint density at radius 3 is 3.00 bits per heavy atom. The molecule has 11 heavy (non-hydrogen) atoms. The van der Waals surface area contributed by atoms with Crippen LogP contribution in [0.3, 0.4) is 0 Å². The summed E-state index contributed by atoms with van der Waals surface area (Å²) in [4.78, 5) is 0. The van der Waals surface area contributed by atoms with Gasteiger partial charge in [0.15, 0.2) is 0 Å². The standard InChI is InChI=1S/C8H17N2O/c1-7(11-2)8-3-4-9-5-6-10-8/h7-10H,1,3-6H2,2H3.